The summed E-state index contributed by atoms with van der Waals surface area (Å²) in [4.78, 5) is 27.9. The van der Waals surface area contributed by atoms with Crippen molar-refractivity contribution in [3.05, 3.63) is 144 Å². The van der Waals surface area contributed by atoms with Crippen LogP contribution in [0.15, 0.2) is 121 Å². The maximum Gasteiger partial charge on any atom is 0.335 e. The lowest BCUT2D eigenvalue weighted by Gasteiger charge is -2.40. The molecule has 0 radical (unpaired) electrons. The predicted octanol–water partition coefficient (Wildman–Crippen LogP) is 7.12. The van der Waals surface area contributed by atoms with Gasteiger partial charge in [0.2, 0.25) is 0 Å². The Labute approximate surface area is 296 Å². The second-order valence-corrected chi connectivity index (χ2v) is 13.4. The predicted molar refractivity (Wildman–Crippen MR) is 194 cm³/mol. The number of methoxy groups -OCH3 is 1. The Hall–Kier alpha value is -4.34. The van der Waals surface area contributed by atoms with Crippen LogP contribution in [0.25, 0.3) is 0 Å². The van der Waals surface area contributed by atoms with Crippen LogP contribution in [0.4, 0.5) is 0 Å². The average molecular weight is 679 g/mol. The third-order valence-corrected chi connectivity index (χ3v) is 9.66. The largest absolute Gasteiger partial charge is 0.479 e. The SMILES string of the molecule is COC(=O)[C@@H]1CC[C@@H](N(Cc2ccccc2)Cc2ccccc2)CO1.C[C@@]1(C(=O)O)CC[C@@H](N(Cc2ccccc2)Cc2ccccc2)CO1. The minimum atomic E-state index is -1.05. The zero-order valence-electron chi connectivity index (χ0n) is 29.2. The second-order valence-electron chi connectivity index (χ2n) is 13.4. The number of benzene rings is 4. The molecule has 1 N–H and O–H groups in total. The van der Waals surface area contributed by atoms with Crippen LogP contribution in [0.1, 0.15) is 54.9 Å². The van der Waals surface area contributed by atoms with Crippen molar-refractivity contribution in [2.45, 2.75) is 82.6 Å². The maximum absolute atomic E-state index is 11.7. The molecule has 4 aromatic carbocycles. The Kier molecular flexibility index (Phi) is 13.7. The van der Waals surface area contributed by atoms with Crippen LogP contribution in [-0.4, -0.2) is 71.0 Å². The van der Waals surface area contributed by atoms with Gasteiger partial charge in [0.1, 0.15) is 0 Å². The zero-order valence-corrected chi connectivity index (χ0v) is 29.2. The number of nitrogens with zero attached hydrogens (tertiary/aromatic N) is 2. The molecule has 0 aromatic heterocycles. The molecule has 4 aromatic rings. The van der Waals surface area contributed by atoms with Gasteiger partial charge in [-0.1, -0.05) is 121 Å². The highest BCUT2D eigenvalue weighted by molar-refractivity contribution is 5.77. The number of hydrogen-bond acceptors (Lipinski definition) is 7. The van der Waals surface area contributed by atoms with Gasteiger partial charge in [-0.25, -0.2) is 9.59 Å². The number of carboxylic acid groups (broad SMARTS) is 1. The van der Waals surface area contributed by atoms with E-state index >= 15 is 0 Å². The van der Waals surface area contributed by atoms with Crippen molar-refractivity contribution in [2.24, 2.45) is 0 Å². The molecule has 0 saturated carbocycles. The average Bonchev–Trinajstić information content (AvgIpc) is 3.16. The minimum Gasteiger partial charge on any atom is -0.479 e. The van der Waals surface area contributed by atoms with Crippen molar-refractivity contribution in [3.63, 3.8) is 0 Å². The van der Waals surface area contributed by atoms with Crippen molar-refractivity contribution in [3.8, 4) is 0 Å². The topological polar surface area (TPSA) is 88.5 Å². The van der Waals surface area contributed by atoms with E-state index in [2.05, 4.69) is 107 Å². The molecule has 6 rings (SSSR count). The van der Waals surface area contributed by atoms with E-state index in [1.54, 1.807) is 6.92 Å². The van der Waals surface area contributed by atoms with Gasteiger partial charge in [0.15, 0.2) is 11.7 Å². The molecule has 8 nitrogen and oxygen atoms in total. The van der Waals surface area contributed by atoms with Gasteiger partial charge < -0.3 is 19.3 Å². The van der Waals surface area contributed by atoms with Gasteiger partial charge in [-0.15, -0.1) is 0 Å². The van der Waals surface area contributed by atoms with E-state index in [1.165, 1.54) is 29.4 Å². The van der Waals surface area contributed by atoms with E-state index in [0.717, 1.165) is 39.0 Å². The molecule has 0 bridgehead atoms. The Morgan fingerprint density at radius 1 is 0.660 bits per heavy atom. The minimum absolute atomic E-state index is 0.216. The van der Waals surface area contributed by atoms with Gasteiger partial charge in [0.05, 0.1) is 20.3 Å². The molecule has 2 heterocycles. The molecule has 2 aliphatic heterocycles. The highest BCUT2D eigenvalue weighted by Crippen LogP contribution is 2.29. The second kappa shape index (κ2) is 18.6. The monoisotopic (exact) mass is 678 g/mol. The van der Waals surface area contributed by atoms with Crippen molar-refractivity contribution in [1.82, 2.24) is 9.80 Å². The standard InChI is InChI=1S/2C21H25NO3/c1-21(20(23)24)13-12-19(16-25-21)22(14-17-8-4-2-5-9-17)15-18-10-6-3-7-11-18;1-24-21(23)20-13-12-19(16-25-20)22(14-17-8-4-2-5-9-17)15-18-10-6-3-7-11-18/h2-11,19H,12-16H2,1H3,(H,23,24);2-11,19-20H,12-16H2,1H3/t19-,21+;19-,20+/m11/s1. The zero-order chi connectivity index (χ0) is 35.2. The van der Waals surface area contributed by atoms with E-state index in [1.807, 2.05) is 24.3 Å². The van der Waals surface area contributed by atoms with Crippen LogP contribution in [0.3, 0.4) is 0 Å². The molecule has 8 heteroatoms. The lowest BCUT2D eigenvalue weighted by atomic mass is 9.92. The first-order valence-electron chi connectivity index (χ1n) is 17.5. The summed E-state index contributed by atoms with van der Waals surface area (Å²) in [7, 11) is 1.41. The quantitative estimate of drug-likeness (QED) is 0.159. The molecule has 264 valence electrons. The summed E-state index contributed by atoms with van der Waals surface area (Å²) in [5.41, 5.74) is 4.03. The Balaban J connectivity index is 0.000000194. The van der Waals surface area contributed by atoms with Gasteiger partial charge in [-0.05, 0) is 54.9 Å². The fourth-order valence-corrected chi connectivity index (χ4v) is 6.58. The third kappa shape index (κ3) is 10.8. The van der Waals surface area contributed by atoms with E-state index in [4.69, 9.17) is 14.2 Å². The summed E-state index contributed by atoms with van der Waals surface area (Å²) in [6.45, 7) is 6.06. The maximum atomic E-state index is 11.7. The molecule has 2 fully saturated rings. The van der Waals surface area contributed by atoms with Crippen molar-refractivity contribution < 1.29 is 28.9 Å². The molecule has 4 atom stereocenters. The number of carboxylic acids is 1. The first-order chi connectivity index (χ1) is 24.3. The molecule has 0 amide bonds. The lowest BCUT2D eigenvalue weighted by molar-refractivity contribution is -0.174. The molecule has 0 spiro atoms. The summed E-state index contributed by atoms with van der Waals surface area (Å²) in [5.74, 6) is -1.14. The normalized spacial score (nSPS) is 22.0. The molecular weight excluding hydrogens is 628 g/mol. The van der Waals surface area contributed by atoms with Gasteiger partial charge in [-0.2, -0.15) is 0 Å². The summed E-state index contributed by atoms with van der Waals surface area (Å²) < 4.78 is 16.3. The van der Waals surface area contributed by atoms with Crippen LogP contribution >= 0.6 is 0 Å². The number of carbonyl (C=O) groups excluding carboxylic acids is 1. The lowest BCUT2D eigenvalue weighted by Crippen LogP contribution is -2.50. The molecule has 2 aliphatic rings. The fraction of sp³-hybridized carbons (Fsp3) is 0.381. The summed E-state index contributed by atoms with van der Waals surface area (Å²) in [6.07, 6.45) is 2.57. The molecule has 50 heavy (non-hydrogen) atoms. The fourth-order valence-electron chi connectivity index (χ4n) is 6.58. The number of esters is 1. The van der Waals surface area contributed by atoms with E-state index in [-0.39, 0.29) is 12.0 Å². The number of aliphatic carboxylic acids is 1. The van der Waals surface area contributed by atoms with Crippen molar-refractivity contribution in [2.75, 3.05) is 20.3 Å². The van der Waals surface area contributed by atoms with Gasteiger partial charge in [-0.3, -0.25) is 9.80 Å². The smallest absolute Gasteiger partial charge is 0.335 e. The Morgan fingerprint density at radius 3 is 1.36 bits per heavy atom. The Morgan fingerprint density at radius 2 is 1.06 bits per heavy atom. The van der Waals surface area contributed by atoms with Crippen LogP contribution < -0.4 is 0 Å². The summed E-state index contributed by atoms with van der Waals surface area (Å²) in [5, 5.41) is 9.35. The molecular formula is C42H50N2O6. The highest BCUT2D eigenvalue weighted by atomic mass is 16.6. The summed E-state index contributed by atoms with van der Waals surface area (Å²) >= 11 is 0. The molecule has 0 aliphatic carbocycles. The van der Waals surface area contributed by atoms with Crippen molar-refractivity contribution >= 4 is 11.9 Å². The number of carbonyl (C=O) groups is 2. The van der Waals surface area contributed by atoms with E-state index < -0.39 is 17.7 Å². The van der Waals surface area contributed by atoms with Crippen LogP contribution in [0, 0.1) is 0 Å². The first kappa shape index (κ1) is 36.9. The highest BCUT2D eigenvalue weighted by Gasteiger charge is 2.40. The molecule has 2 saturated heterocycles. The van der Waals surface area contributed by atoms with Crippen LogP contribution in [-0.2, 0) is 50.0 Å². The van der Waals surface area contributed by atoms with Crippen LogP contribution in [0.5, 0.6) is 0 Å². The van der Waals surface area contributed by atoms with E-state index in [9.17, 15) is 14.7 Å². The van der Waals surface area contributed by atoms with E-state index in [0.29, 0.717) is 32.1 Å². The molecule has 0 unspecified atom stereocenters. The van der Waals surface area contributed by atoms with Gasteiger partial charge >= 0.3 is 11.9 Å². The van der Waals surface area contributed by atoms with Crippen LogP contribution in [0.2, 0.25) is 0 Å². The Bertz CT molecular complexity index is 1490. The first-order valence-corrected chi connectivity index (χ1v) is 17.5. The van der Waals surface area contributed by atoms with Gasteiger partial charge in [0.25, 0.3) is 0 Å². The third-order valence-electron chi connectivity index (χ3n) is 9.66. The number of ether oxygens (including phenoxy) is 3. The summed E-state index contributed by atoms with van der Waals surface area (Å²) in [6, 6.07) is 42.2. The number of rotatable bonds is 12. The van der Waals surface area contributed by atoms with Crippen molar-refractivity contribution in [1.29, 1.82) is 0 Å². The number of hydrogen-bond donors (Lipinski definition) is 1. The van der Waals surface area contributed by atoms with Gasteiger partial charge in [0, 0.05) is 38.3 Å².